The van der Waals surface area contributed by atoms with E-state index in [1.807, 2.05) is 13.0 Å². The van der Waals surface area contributed by atoms with Gasteiger partial charge in [-0.2, -0.15) is 0 Å². The Morgan fingerprint density at radius 1 is 1.36 bits per heavy atom. The number of benzene rings is 1. The van der Waals surface area contributed by atoms with Gasteiger partial charge < -0.3 is 15.8 Å². The highest BCUT2D eigenvalue weighted by molar-refractivity contribution is 6.35. The molecule has 5 nitrogen and oxygen atoms in total. The van der Waals surface area contributed by atoms with Crippen LogP contribution in [0.3, 0.4) is 0 Å². The monoisotopic (exact) mass is 345 g/mol. The van der Waals surface area contributed by atoms with Gasteiger partial charge in [-0.05, 0) is 38.5 Å². The van der Waals surface area contributed by atoms with E-state index >= 15 is 0 Å². The number of ether oxygens (including phenoxy) is 1. The lowest BCUT2D eigenvalue weighted by atomic mass is 10.1. The van der Waals surface area contributed by atoms with E-state index in [-0.39, 0.29) is 37.0 Å². The molecule has 0 aliphatic heterocycles. The molecule has 0 aliphatic rings. The molecule has 22 heavy (non-hydrogen) atoms. The molecule has 1 unspecified atom stereocenters. The summed E-state index contributed by atoms with van der Waals surface area (Å²) < 4.78 is 5.01. The molecule has 1 rings (SSSR count). The molecule has 0 bridgehead atoms. The average Bonchev–Trinajstić information content (AvgIpc) is 2.37. The van der Waals surface area contributed by atoms with Crippen LogP contribution in [0.2, 0.25) is 10.0 Å². The summed E-state index contributed by atoms with van der Waals surface area (Å²) >= 11 is 12.0. The van der Waals surface area contributed by atoms with Crippen LogP contribution in [0.15, 0.2) is 23.2 Å². The minimum atomic E-state index is -0.291. The smallest absolute Gasteiger partial charge is 0.307 e. The lowest BCUT2D eigenvalue weighted by Crippen LogP contribution is -2.34. The number of nitrogens with one attached hydrogen (secondary N) is 1. The Hall–Kier alpha value is -1.46. The van der Waals surface area contributed by atoms with E-state index in [1.54, 1.807) is 26.0 Å². The molecule has 122 valence electrons. The molecule has 1 atom stereocenters. The summed E-state index contributed by atoms with van der Waals surface area (Å²) in [7, 11) is 0. The Kier molecular flexibility index (Phi) is 7.48. The van der Waals surface area contributed by atoms with Crippen molar-refractivity contribution in [2.24, 2.45) is 10.7 Å². The van der Waals surface area contributed by atoms with Crippen LogP contribution < -0.4 is 11.1 Å². The molecule has 0 radical (unpaired) electrons. The average molecular weight is 346 g/mol. The van der Waals surface area contributed by atoms with E-state index in [1.165, 1.54) is 0 Å². The number of nitrogens with zero attached hydrogens (tertiary/aromatic N) is 1. The summed E-state index contributed by atoms with van der Waals surface area (Å²) in [5.41, 5.74) is 6.66. The summed E-state index contributed by atoms with van der Waals surface area (Å²) in [6.07, 6.45) is 0.0652. The number of esters is 1. The molecule has 7 heteroatoms. The van der Waals surface area contributed by atoms with Crippen LogP contribution in [0.25, 0.3) is 0 Å². The van der Waals surface area contributed by atoms with Gasteiger partial charge in [0, 0.05) is 10.0 Å². The van der Waals surface area contributed by atoms with Crippen LogP contribution >= 0.6 is 23.2 Å². The third kappa shape index (κ3) is 6.54. The van der Waals surface area contributed by atoms with Gasteiger partial charge in [0.15, 0.2) is 5.96 Å². The zero-order valence-corrected chi connectivity index (χ0v) is 14.4. The Bertz CT molecular complexity index is 548. The molecular weight excluding hydrogens is 325 g/mol. The van der Waals surface area contributed by atoms with Gasteiger partial charge in [0.2, 0.25) is 0 Å². The number of hydrogen-bond donors (Lipinski definition) is 2. The number of halogens is 2. The molecule has 0 aromatic heterocycles. The van der Waals surface area contributed by atoms with E-state index in [0.29, 0.717) is 10.0 Å². The van der Waals surface area contributed by atoms with Crippen LogP contribution in [-0.4, -0.2) is 24.6 Å². The van der Waals surface area contributed by atoms with Crippen molar-refractivity contribution in [3.8, 4) is 0 Å². The number of carbonyl (C=O) groups is 1. The van der Waals surface area contributed by atoms with Gasteiger partial charge in [-0.25, -0.2) is 0 Å². The zero-order chi connectivity index (χ0) is 16.7. The van der Waals surface area contributed by atoms with Crippen molar-refractivity contribution >= 4 is 35.1 Å². The van der Waals surface area contributed by atoms with Gasteiger partial charge in [0.1, 0.15) is 0 Å². The molecule has 3 N–H and O–H groups in total. The maximum atomic E-state index is 11.4. The quantitative estimate of drug-likeness (QED) is 0.471. The molecule has 0 heterocycles. The first-order chi connectivity index (χ1) is 10.3. The van der Waals surface area contributed by atoms with Gasteiger partial charge in [0.05, 0.1) is 25.1 Å². The summed E-state index contributed by atoms with van der Waals surface area (Å²) in [6, 6.07) is 5.13. The van der Waals surface area contributed by atoms with E-state index in [0.717, 1.165) is 5.56 Å². The van der Waals surface area contributed by atoms with Crippen molar-refractivity contribution in [1.82, 2.24) is 5.32 Å². The summed E-state index contributed by atoms with van der Waals surface area (Å²) in [6.45, 7) is 5.78. The molecule has 0 fully saturated rings. The number of nitrogens with two attached hydrogens (primary N) is 1. The maximum Gasteiger partial charge on any atom is 0.307 e. The third-order valence-corrected chi connectivity index (χ3v) is 3.32. The topological polar surface area (TPSA) is 76.7 Å². The highest BCUT2D eigenvalue weighted by Crippen LogP contribution is 2.25. The maximum absolute atomic E-state index is 11.4. The van der Waals surface area contributed by atoms with E-state index in [4.69, 9.17) is 33.7 Å². The lowest BCUT2D eigenvalue weighted by molar-refractivity contribution is -0.147. The zero-order valence-electron chi connectivity index (χ0n) is 12.9. The number of aliphatic imine (C=N–C) groups is 1. The molecule has 0 amide bonds. The predicted molar refractivity (Wildman–Crippen MR) is 90.3 cm³/mol. The van der Waals surface area contributed by atoms with Gasteiger partial charge in [-0.15, -0.1) is 0 Å². The Labute approximate surface area is 140 Å². The van der Waals surface area contributed by atoms with Crippen LogP contribution in [0, 0.1) is 0 Å². The van der Waals surface area contributed by atoms with Crippen molar-refractivity contribution in [3.05, 3.63) is 33.8 Å². The van der Waals surface area contributed by atoms with Crippen molar-refractivity contribution in [2.45, 2.75) is 39.3 Å². The van der Waals surface area contributed by atoms with Crippen LogP contribution in [0.5, 0.6) is 0 Å². The van der Waals surface area contributed by atoms with E-state index < -0.39 is 0 Å². The number of hydrogen-bond acceptors (Lipinski definition) is 3. The molecule has 0 spiro atoms. The van der Waals surface area contributed by atoms with Crippen LogP contribution in [0.4, 0.5) is 0 Å². The van der Waals surface area contributed by atoms with E-state index in [2.05, 4.69) is 10.3 Å². The Balaban J connectivity index is 2.51. The fourth-order valence-corrected chi connectivity index (χ4v) is 2.36. The molecule has 0 aliphatic carbocycles. The largest absolute Gasteiger partial charge is 0.463 e. The van der Waals surface area contributed by atoms with Crippen molar-refractivity contribution in [3.63, 3.8) is 0 Å². The number of rotatable bonds is 6. The van der Waals surface area contributed by atoms with Gasteiger partial charge in [0.25, 0.3) is 0 Å². The van der Waals surface area contributed by atoms with Crippen molar-refractivity contribution in [1.29, 1.82) is 0 Å². The van der Waals surface area contributed by atoms with Gasteiger partial charge in [-0.1, -0.05) is 29.3 Å². The van der Waals surface area contributed by atoms with Gasteiger partial charge in [-0.3, -0.25) is 9.79 Å². The standard InChI is InChI=1S/C15H21Cl2N3O2/c1-9(2)22-14(21)6-7-19-15(18)20-10(3)12-5-4-11(16)8-13(12)17/h4-5,8-10H,6-7H2,1-3H3,(H3,18,19,20). The minimum Gasteiger partial charge on any atom is -0.463 e. The second kappa shape index (κ2) is 8.86. The minimum absolute atomic E-state index is 0.126. The molecule has 1 aromatic rings. The van der Waals surface area contributed by atoms with E-state index in [9.17, 15) is 4.79 Å². The first-order valence-corrected chi connectivity index (χ1v) is 7.76. The lowest BCUT2D eigenvalue weighted by Gasteiger charge is -2.16. The SMILES string of the molecule is CC(C)OC(=O)CCN=C(N)NC(C)c1ccc(Cl)cc1Cl. The predicted octanol–water partition coefficient (Wildman–Crippen LogP) is 3.30. The summed E-state index contributed by atoms with van der Waals surface area (Å²) in [4.78, 5) is 15.5. The highest BCUT2D eigenvalue weighted by Gasteiger charge is 2.11. The molecular formula is C15H21Cl2N3O2. The molecule has 1 aromatic carbocycles. The number of carbonyl (C=O) groups excluding carboxylic acids is 1. The normalized spacial score (nSPS) is 13.1. The van der Waals surface area contributed by atoms with Gasteiger partial charge >= 0.3 is 5.97 Å². The first kappa shape index (κ1) is 18.6. The second-order valence-electron chi connectivity index (χ2n) is 5.09. The molecule has 0 saturated carbocycles. The van der Waals surface area contributed by atoms with Crippen LogP contribution in [-0.2, 0) is 9.53 Å². The second-order valence-corrected chi connectivity index (χ2v) is 5.93. The Morgan fingerprint density at radius 3 is 2.64 bits per heavy atom. The highest BCUT2D eigenvalue weighted by atomic mass is 35.5. The molecule has 0 saturated heterocycles. The first-order valence-electron chi connectivity index (χ1n) is 7.00. The third-order valence-electron chi connectivity index (χ3n) is 2.76. The van der Waals surface area contributed by atoms with Crippen LogP contribution in [0.1, 0.15) is 38.8 Å². The fraction of sp³-hybridized carbons (Fsp3) is 0.467. The van der Waals surface area contributed by atoms with Crippen molar-refractivity contribution in [2.75, 3.05) is 6.54 Å². The summed E-state index contributed by atoms with van der Waals surface area (Å²) in [5.74, 6) is -0.0452. The summed E-state index contributed by atoms with van der Waals surface area (Å²) in [5, 5.41) is 4.15. The Morgan fingerprint density at radius 2 is 2.05 bits per heavy atom. The number of guanidine groups is 1. The fourth-order valence-electron chi connectivity index (χ4n) is 1.79. The van der Waals surface area contributed by atoms with Crippen molar-refractivity contribution < 1.29 is 9.53 Å².